The number of benzene rings is 2. The quantitative estimate of drug-likeness (QED) is 0.541. The molecule has 6 heteroatoms. The highest BCUT2D eigenvalue weighted by molar-refractivity contribution is 5.70. The van der Waals surface area contributed by atoms with Crippen LogP contribution in [0.4, 0.5) is 0 Å². The Balaban J connectivity index is 1.53. The monoisotopic (exact) mass is 381 g/mol. The van der Waals surface area contributed by atoms with Crippen molar-refractivity contribution in [3.63, 3.8) is 0 Å². The minimum atomic E-state index is -0.315. The molecule has 0 N–H and O–H groups in total. The van der Waals surface area contributed by atoms with Gasteiger partial charge in [0.25, 0.3) is 0 Å². The zero-order chi connectivity index (χ0) is 19.9. The SMILES string of the molecule is COc1cccc(CCC(=O)OCc2coc(-c3ccc(C)cc3)n2)c1OC. The number of para-hydroxylation sites is 1. The van der Waals surface area contributed by atoms with E-state index in [0.717, 1.165) is 16.7 Å². The van der Waals surface area contributed by atoms with Crippen LogP contribution in [0.5, 0.6) is 11.5 Å². The second-order valence-corrected chi connectivity index (χ2v) is 6.32. The first-order valence-corrected chi connectivity index (χ1v) is 8.97. The zero-order valence-corrected chi connectivity index (χ0v) is 16.2. The number of hydrogen-bond donors (Lipinski definition) is 0. The number of oxazole rings is 1. The Hall–Kier alpha value is -3.28. The third-order valence-electron chi connectivity index (χ3n) is 4.31. The number of nitrogens with zero attached hydrogens (tertiary/aromatic N) is 1. The molecular weight excluding hydrogens is 358 g/mol. The summed E-state index contributed by atoms with van der Waals surface area (Å²) >= 11 is 0. The van der Waals surface area contributed by atoms with Gasteiger partial charge in [-0.3, -0.25) is 4.79 Å². The van der Waals surface area contributed by atoms with Gasteiger partial charge in [-0.05, 0) is 37.1 Å². The minimum Gasteiger partial charge on any atom is -0.493 e. The first-order chi connectivity index (χ1) is 13.6. The molecule has 3 aromatic rings. The number of aryl methyl sites for hydroxylation is 2. The second kappa shape index (κ2) is 9.08. The number of methoxy groups -OCH3 is 2. The topological polar surface area (TPSA) is 70.8 Å². The van der Waals surface area contributed by atoms with Gasteiger partial charge in [0.2, 0.25) is 5.89 Å². The van der Waals surface area contributed by atoms with E-state index in [2.05, 4.69) is 4.98 Å². The van der Waals surface area contributed by atoms with Gasteiger partial charge in [-0.2, -0.15) is 0 Å². The first kappa shape index (κ1) is 19.5. The van der Waals surface area contributed by atoms with Crippen LogP contribution in [0.2, 0.25) is 0 Å². The maximum absolute atomic E-state index is 12.1. The molecule has 1 heterocycles. The molecule has 0 aliphatic heterocycles. The molecule has 0 atom stereocenters. The number of carbonyl (C=O) groups excluding carboxylic acids is 1. The second-order valence-electron chi connectivity index (χ2n) is 6.32. The summed E-state index contributed by atoms with van der Waals surface area (Å²) < 4.78 is 21.4. The van der Waals surface area contributed by atoms with Gasteiger partial charge >= 0.3 is 5.97 Å². The molecule has 0 saturated carbocycles. The summed E-state index contributed by atoms with van der Waals surface area (Å²) in [6.07, 6.45) is 2.23. The van der Waals surface area contributed by atoms with E-state index < -0.39 is 0 Å². The van der Waals surface area contributed by atoms with Crippen molar-refractivity contribution in [2.24, 2.45) is 0 Å². The lowest BCUT2D eigenvalue weighted by molar-refractivity contribution is -0.145. The number of esters is 1. The lowest BCUT2D eigenvalue weighted by Gasteiger charge is -2.12. The molecule has 0 spiro atoms. The zero-order valence-electron chi connectivity index (χ0n) is 16.2. The number of carbonyl (C=O) groups is 1. The molecule has 1 aromatic heterocycles. The maximum atomic E-state index is 12.1. The molecule has 146 valence electrons. The van der Waals surface area contributed by atoms with E-state index in [0.29, 0.717) is 29.5 Å². The van der Waals surface area contributed by atoms with Gasteiger partial charge < -0.3 is 18.6 Å². The van der Waals surface area contributed by atoms with E-state index in [1.54, 1.807) is 14.2 Å². The van der Waals surface area contributed by atoms with E-state index in [1.165, 1.54) is 6.26 Å². The van der Waals surface area contributed by atoms with Gasteiger partial charge in [0.15, 0.2) is 11.5 Å². The molecule has 28 heavy (non-hydrogen) atoms. The number of aromatic nitrogens is 1. The van der Waals surface area contributed by atoms with E-state index in [9.17, 15) is 4.79 Å². The Labute approximate surface area is 164 Å². The van der Waals surface area contributed by atoms with Crippen LogP contribution < -0.4 is 9.47 Å². The molecule has 0 amide bonds. The predicted molar refractivity (Wildman–Crippen MR) is 104 cm³/mol. The molecule has 0 aliphatic rings. The summed E-state index contributed by atoms with van der Waals surface area (Å²) in [4.78, 5) is 16.5. The van der Waals surface area contributed by atoms with Crippen LogP contribution in [0.15, 0.2) is 53.1 Å². The number of hydrogen-bond acceptors (Lipinski definition) is 6. The average Bonchev–Trinajstić information content (AvgIpc) is 3.19. The van der Waals surface area contributed by atoms with E-state index in [-0.39, 0.29) is 19.0 Å². The van der Waals surface area contributed by atoms with Crippen molar-refractivity contribution in [2.45, 2.75) is 26.4 Å². The fourth-order valence-electron chi connectivity index (χ4n) is 2.82. The van der Waals surface area contributed by atoms with Gasteiger partial charge in [0.1, 0.15) is 18.6 Å². The van der Waals surface area contributed by atoms with Gasteiger partial charge in [0.05, 0.1) is 14.2 Å². The van der Waals surface area contributed by atoms with E-state index in [4.69, 9.17) is 18.6 Å². The van der Waals surface area contributed by atoms with Crippen molar-refractivity contribution in [1.29, 1.82) is 0 Å². The smallest absolute Gasteiger partial charge is 0.306 e. The normalized spacial score (nSPS) is 10.5. The minimum absolute atomic E-state index is 0.0729. The average molecular weight is 381 g/mol. The van der Waals surface area contributed by atoms with E-state index in [1.807, 2.05) is 49.4 Å². The summed E-state index contributed by atoms with van der Waals surface area (Å²) in [5.74, 6) is 1.47. The molecule has 2 aromatic carbocycles. The largest absolute Gasteiger partial charge is 0.493 e. The Morgan fingerprint density at radius 3 is 2.57 bits per heavy atom. The summed E-state index contributed by atoms with van der Waals surface area (Å²) in [6.45, 7) is 2.09. The summed E-state index contributed by atoms with van der Waals surface area (Å²) in [6, 6.07) is 13.5. The lowest BCUT2D eigenvalue weighted by atomic mass is 10.1. The molecule has 0 fully saturated rings. The van der Waals surface area contributed by atoms with Crippen molar-refractivity contribution in [3.8, 4) is 23.0 Å². The van der Waals surface area contributed by atoms with Crippen LogP contribution in [-0.4, -0.2) is 25.2 Å². The third-order valence-corrected chi connectivity index (χ3v) is 4.31. The van der Waals surface area contributed by atoms with Crippen molar-refractivity contribution in [3.05, 3.63) is 65.5 Å². The Bertz CT molecular complexity index is 930. The molecule has 6 nitrogen and oxygen atoms in total. The Kier molecular flexibility index (Phi) is 6.32. The van der Waals surface area contributed by atoms with Crippen LogP contribution in [0, 0.1) is 6.92 Å². The maximum Gasteiger partial charge on any atom is 0.306 e. The molecule has 0 aliphatic carbocycles. The highest BCUT2D eigenvalue weighted by atomic mass is 16.5. The fraction of sp³-hybridized carbons (Fsp3) is 0.273. The first-order valence-electron chi connectivity index (χ1n) is 8.97. The van der Waals surface area contributed by atoms with Gasteiger partial charge in [0, 0.05) is 12.0 Å². The van der Waals surface area contributed by atoms with Gasteiger partial charge in [-0.25, -0.2) is 4.98 Å². The van der Waals surface area contributed by atoms with Gasteiger partial charge in [-0.15, -0.1) is 0 Å². The highest BCUT2D eigenvalue weighted by Crippen LogP contribution is 2.31. The van der Waals surface area contributed by atoms with Crippen LogP contribution in [-0.2, 0) is 22.6 Å². The Morgan fingerprint density at radius 1 is 1.07 bits per heavy atom. The van der Waals surface area contributed by atoms with Crippen molar-refractivity contribution < 1.29 is 23.4 Å². The van der Waals surface area contributed by atoms with E-state index >= 15 is 0 Å². The van der Waals surface area contributed by atoms with Crippen LogP contribution in [0.1, 0.15) is 23.2 Å². The molecule has 0 radical (unpaired) electrons. The predicted octanol–water partition coefficient (Wildman–Crippen LogP) is 4.34. The number of rotatable bonds is 8. The molecule has 0 saturated heterocycles. The summed E-state index contributed by atoms with van der Waals surface area (Å²) in [5.41, 5.74) is 3.51. The highest BCUT2D eigenvalue weighted by Gasteiger charge is 2.13. The van der Waals surface area contributed by atoms with Crippen molar-refractivity contribution in [2.75, 3.05) is 14.2 Å². The standard InChI is InChI=1S/C22H23NO5/c1-15-7-9-17(10-8-15)22-23-18(14-28-22)13-27-20(24)12-11-16-5-4-6-19(25-2)21(16)26-3/h4-10,14H,11-13H2,1-3H3. The summed E-state index contributed by atoms with van der Waals surface area (Å²) in [7, 11) is 3.16. The Morgan fingerprint density at radius 2 is 1.86 bits per heavy atom. The molecular formula is C22H23NO5. The van der Waals surface area contributed by atoms with Crippen molar-refractivity contribution in [1.82, 2.24) is 4.98 Å². The molecule has 0 unspecified atom stereocenters. The summed E-state index contributed by atoms with van der Waals surface area (Å²) in [5, 5.41) is 0. The third kappa shape index (κ3) is 4.71. The van der Waals surface area contributed by atoms with Crippen LogP contribution >= 0.6 is 0 Å². The van der Waals surface area contributed by atoms with Crippen LogP contribution in [0.25, 0.3) is 11.5 Å². The van der Waals surface area contributed by atoms with Crippen LogP contribution in [0.3, 0.4) is 0 Å². The molecule has 3 rings (SSSR count). The fourth-order valence-corrected chi connectivity index (χ4v) is 2.82. The van der Waals surface area contributed by atoms with Gasteiger partial charge in [-0.1, -0.05) is 29.8 Å². The lowest BCUT2D eigenvalue weighted by Crippen LogP contribution is -2.07. The number of ether oxygens (including phenoxy) is 3. The van der Waals surface area contributed by atoms with Crippen molar-refractivity contribution >= 4 is 5.97 Å². The molecule has 0 bridgehead atoms.